The lowest BCUT2D eigenvalue weighted by Crippen LogP contribution is -2.51. The molecule has 6 nitrogen and oxygen atoms in total. The predicted molar refractivity (Wildman–Crippen MR) is 144 cm³/mol. The molecule has 5 heterocycles. The third kappa shape index (κ3) is 3.96. The first-order chi connectivity index (χ1) is 17.2. The highest BCUT2D eigenvalue weighted by atomic mass is 32.1. The van der Waals surface area contributed by atoms with E-state index in [1.165, 1.54) is 46.9 Å². The first-order valence-electron chi connectivity index (χ1n) is 12.8. The average molecular weight is 486 g/mol. The van der Waals surface area contributed by atoms with Gasteiger partial charge in [-0.1, -0.05) is 24.3 Å². The summed E-state index contributed by atoms with van der Waals surface area (Å²) >= 11 is 1.80. The van der Waals surface area contributed by atoms with Crippen molar-refractivity contribution in [2.45, 2.75) is 43.8 Å². The third-order valence-corrected chi connectivity index (χ3v) is 9.00. The SMILES string of the molecule is CN1CCC[C@H]1COc1nc(N2CC3CCC(C2)N3)c2ccc(-c3csc4ccccc34)cc2n1. The summed E-state index contributed by atoms with van der Waals surface area (Å²) in [7, 11) is 2.18. The molecular formula is C28H31N5OS. The number of ether oxygens (including phenoxy) is 1. The maximum Gasteiger partial charge on any atom is 0.319 e. The summed E-state index contributed by atoms with van der Waals surface area (Å²) in [6, 6.07) is 17.3. The molecule has 0 amide bonds. The molecule has 0 radical (unpaired) electrons. The highest BCUT2D eigenvalue weighted by Gasteiger charge is 2.34. The molecule has 180 valence electrons. The zero-order chi connectivity index (χ0) is 23.4. The first-order valence-corrected chi connectivity index (χ1v) is 13.7. The van der Waals surface area contributed by atoms with E-state index in [9.17, 15) is 0 Å². The normalized spacial score (nSPS) is 24.6. The Hall–Kier alpha value is -2.74. The van der Waals surface area contributed by atoms with Crippen LogP contribution in [0, 0.1) is 0 Å². The van der Waals surface area contributed by atoms with E-state index < -0.39 is 0 Å². The van der Waals surface area contributed by atoms with Gasteiger partial charge in [0.2, 0.25) is 0 Å². The number of nitrogens with one attached hydrogen (secondary N) is 1. The Bertz CT molecular complexity index is 1370. The van der Waals surface area contributed by atoms with Gasteiger partial charge in [-0.05, 0) is 68.4 Å². The van der Waals surface area contributed by atoms with Crippen molar-refractivity contribution in [1.82, 2.24) is 20.2 Å². The molecule has 2 bridgehead atoms. The number of likely N-dealkylation sites (N-methyl/N-ethyl adjacent to an activating group) is 1. The molecule has 7 heteroatoms. The standard InChI is InChI=1S/C28H31N5OS/c1-32-12-4-5-21(32)16-34-28-30-25-13-18(24-17-35-26-7-3-2-6-22(24)26)8-11-23(25)27(31-28)33-14-19-9-10-20(15-33)29-19/h2-3,6-8,11,13,17,19-21,29H,4-5,9-10,12,14-16H2,1H3/t19?,20?,21-/m0/s1. The number of piperazine rings is 1. The third-order valence-electron chi connectivity index (χ3n) is 8.04. The van der Waals surface area contributed by atoms with Gasteiger partial charge in [-0.25, -0.2) is 0 Å². The highest BCUT2D eigenvalue weighted by molar-refractivity contribution is 7.17. The van der Waals surface area contributed by atoms with Crippen LogP contribution in [0.25, 0.3) is 32.1 Å². The van der Waals surface area contributed by atoms with Crippen LogP contribution in [0.4, 0.5) is 5.82 Å². The summed E-state index contributed by atoms with van der Waals surface area (Å²) in [6.07, 6.45) is 4.90. The van der Waals surface area contributed by atoms with Gasteiger partial charge in [0.05, 0.1) is 5.52 Å². The van der Waals surface area contributed by atoms with Crippen LogP contribution in [0.15, 0.2) is 47.8 Å². The summed E-state index contributed by atoms with van der Waals surface area (Å²) in [5.74, 6) is 1.02. The summed E-state index contributed by atoms with van der Waals surface area (Å²) < 4.78 is 7.58. The molecule has 0 saturated carbocycles. The average Bonchev–Trinajstić information content (AvgIpc) is 3.59. The van der Waals surface area contributed by atoms with Gasteiger partial charge in [0.15, 0.2) is 0 Å². The maximum atomic E-state index is 6.27. The van der Waals surface area contributed by atoms with E-state index in [2.05, 4.69) is 70.0 Å². The van der Waals surface area contributed by atoms with Gasteiger partial charge in [0.1, 0.15) is 12.4 Å². The molecule has 0 aliphatic carbocycles. The molecule has 7 rings (SSSR count). The molecule has 0 spiro atoms. The van der Waals surface area contributed by atoms with Crippen LogP contribution in [0.5, 0.6) is 6.01 Å². The number of hydrogen-bond acceptors (Lipinski definition) is 7. The summed E-state index contributed by atoms with van der Waals surface area (Å²) in [6.45, 7) is 3.76. The van der Waals surface area contributed by atoms with Gasteiger partial charge < -0.3 is 19.9 Å². The molecule has 4 aromatic rings. The van der Waals surface area contributed by atoms with Crippen molar-refractivity contribution in [1.29, 1.82) is 0 Å². The van der Waals surface area contributed by atoms with E-state index in [-0.39, 0.29) is 0 Å². The summed E-state index contributed by atoms with van der Waals surface area (Å²) in [5.41, 5.74) is 3.42. The number of hydrogen-bond donors (Lipinski definition) is 1. The highest BCUT2D eigenvalue weighted by Crippen LogP contribution is 2.37. The van der Waals surface area contributed by atoms with Crippen molar-refractivity contribution in [2.75, 3.05) is 38.2 Å². The second kappa shape index (κ2) is 8.73. The minimum Gasteiger partial charge on any atom is -0.462 e. The van der Waals surface area contributed by atoms with Crippen LogP contribution in [-0.4, -0.2) is 66.3 Å². The van der Waals surface area contributed by atoms with Crippen molar-refractivity contribution in [3.8, 4) is 17.1 Å². The van der Waals surface area contributed by atoms with Crippen molar-refractivity contribution >= 4 is 38.1 Å². The van der Waals surface area contributed by atoms with Gasteiger partial charge >= 0.3 is 6.01 Å². The lowest BCUT2D eigenvalue weighted by molar-refractivity contribution is 0.188. The zero-order valence-corrected chi connectivity index (χ0v) is 20.9. The van der Waals surface area contributed by atoms with Crippen LogP contribution in [-0.2, 0) is 0 Å². The van der Waals surface area contributed by atoms with E-state index in [1.54, 1.807) is 11.3 Å². The van der Waals surface area contributed by atoms with E-state index in [4.69, 9.17) is 14.7 Å². The summed E-state index contributed by atoms with van der Waals surface area (Å²) in [5, 5.41) is 8.41. The number of likely N-dealkylation sites (tertiary alicyclic amines) is 1. The molecule has 1 N–H and O–H groups in total. The van der Waals surface area contributed by atoms with Crippen molar-refractivity contribution < 1.29 is 4.74 Å². The van der Waals surface area contributed by atoms with Crippen molar-refractivity contribution in [3.05, 3.63) is 47.8 Å². The largest absolute Gasteiger partial charge is 0.462 e. The van der Waals surface area contributed by atoms with Crippen LogP contribution in [0.2, 0.25) is 0 Å². The zero-order valence-electron chi connectivity index (χ0n) is 20.1. The van der Waals surface area contributed by atoms with Crippen LogP contribution >= 0.6 is 11.3 Å². The molecule has 3 aliphatic rings. The fourth-order valence-electron chi connectivity index (χ4n) is 6.10. The minimum absolute atomic E-state index is 0.441. The quantitative estimate of drug-likeness (QED) is 0.433. The molecule has 3 saturated heterocycles. The molecule has 2 unspecified atom stereocenters. The van der Waals surface area contributed by atoms with Gasteiger partial charge in [-0.15, -0.1) is 11.3 Å². The van der Waals surface area contributed by atoms with Crippen molar-refractivity contribution in [3.63, 3.8) is 0 Å². The maximum absolute atomic E-state index is 6.27. The number of benzene rings is 2. The Morgan fingerprint density at radius 2 is 1.89 bits per heavy atom. The van der Waals surface area contributed by atoms with E-state index in [0.717, 1.165) is 36.4 Å². The summed E-state index contributed by atoms with van der Waals surface area (Å²) in [4.78, 5) is 14.8. The number of rotatable bonds is 5. The Kier molecular flexibility index (Phi) is 5.37. The topological polar surface area (TPSA) is 53.5 Å². The molecule has 3 atom stereocenters. The second-order valence-electron chi connectivity index (χ2n) is 10.3. The lowest BCUT2D eigenvalue weighted by atomic mass is 10.0. The molecule has 2 aromatic carbocycles. The molecular weight excluding hydrogens is 454 g/mol. The smallest absolute Gasteiger partial charge is 0.319 e. The molecule has 3 aliphatic heterocycles. The Labute approximate surface area is 209 Å². The Balaban J connectivity index is 1.29. The van der Waals surface area contributed by atoms with Crippen LogP contribution in [0.1, 0.15) is 25.7 Å². The Morgan fingerprint density at radius 3 is 2.71 bits per heavy atom. The number of aromatic nitrogens is 2. The fraction of sp³-hybridized carbons (Fsp3) is 0.429. The van der Waals surface area contributed by atoms with E-state index in [1.807, 2.05) is 0 Å². The van der Waals surface area contributed by atoms with Gasteiger partial charge in [-0.2, -0.15) is 9.97 Å². The first kappa shape index (κ1) is 21.5. The number of anilines is 1. The van der Waals surface area contributed by atoms with Crippen molar-refractivity contribution in [2.24, 2.45) is 0 Å². The minimum atomic E-state index is 0.441. The number of nitrogens with zero attached hydrogens (tertiary/aromatic N) is 4. The fourth-order valence-corrected chi connectivity index (χ4v) is 7.07. The number of fused-ring (bicyclic) bond motifs is 4. The molecule has 35 heavy (non-hydrogen) atoms. The molecule has 2 aromatic heterocycles. The van der Waals surface area contributed by atoms with Crippen LogP contribution in [0.3, 0.4) is 0 Å². The van der Waals surface area contributed by atoms with E-state index in [0.29, 0.717) is 30.7 Å². The van der Waals surface area contributed by atoms with E-state index >= 15 is 0 Å². The number of thiophene rings is 1. The molecule has 3 fully saturated rings. The van der Waals surface area contributed by atoms with Gasteiger partial charge in [0, 0.05) is 52.3 Å². The monoisotopic (exact) mass is 485 g/mol. The lowest BCUT2D eigenvalue weighted by Gasteiger charge is -2.34. The Morgan fingerprint density at radius 1 is 1.03 bits per heavy atom. The predicted octanol–water partition coefficient (Wildman–Crippen LogP) is 4.93. The second-order valence-corrected chi connectivity index (χ2v) is 11.2. The van der Waals surface area contributed by atoms with Gasteiger partial charge in [0.25, 0.3) is 0 Å². The van der Waals surface area contributed by atoms with Crippen LogP contribution < -0.4 is 15.0 Å². The van der Waals surface area contributed by atoms with Gasteiger partial charge in [-0.3, -0.25) is 0 Å².